The van der Waals surface area contributed by atoms with Gasteiger partial charge in [-0.25, -0.2) is 18.6 Å². The second-order valence-electron chi connectivity index (χ2n) is 7.29. The maximum absolute atomic E-state index is 13.7. The number of nitrogens with zero attached hydrogens (tertiary/aromatic N) is 5. The van der Waals surface area contributed by atoms with Crippen LogP contribution in [0.1, 0.15) is 19.3 Å². The molecule has 0 aliphatic carbocycles. The van der Waals surface area contributed by atoms with Crippen LogP contribution in [0.5, 0.6) is 0 Å². The van der Waals surface area contributed by atoms with Gasteiger partial charge in [0, 0.05) is 51.5 Å². The molecule has 2 aliphatic heterocycles. The van der Waals surface area contributed by atoms with Crippen molar-refractivity contribution >= 4 is 23.5 Å². The summed E-state index contributed by atoms with van der Waals surface area (Å²) in [5.74, 6) is 0.338. The number of aromatic nitrogens is 2. The quantitative estimate of drug-likeness (QED) is 0.855. The fourth-order valence-corrected chi connectivity index (χ4v) is 3.69. The summed E-state index contributed by atoms with van der Waals surface area (Å²) in [6.45, 7) is 4.10. The zero-order valence-electron chi connectivity index (χ0n) is 16.2. The molecule has 0 radical (unpaired) electrons. The number of carbonyl (C=O) groups is 1. The van der Waals surface area contributed by atoms with Crippen molar-refractivity contribution < 1.29 is 13.6 Å². The summed E-state index contributed by atoms with van der Waals surface area (Å²) in [4.78, 5) is 27.4. The van der Waals surface area contributed by atoms with Crippen LogP contribution in [0.3, 0.4) is 0 Å². The van der Waals surface area contributed by atoms with E-state index in [0.717, 1.165) is 55.9 Å². The first kappa shape index (κ1) is 19.4. The molecular formula is C20H24F2N6O. The molecule has 154 valence electrons. The lowest BCUT2D eigenvalue weighted by atomic mass is 10.1. The first-order valence-electron chi connectivity index (χ1n) is 9.94. The first-order chi connectivity index (χ1) is 14.1. The Balaban J connectivity index is 1.35. The third kappa shape index (κ3) is 4.55. The second-order valence-corrected chi connectivity index (χ2v) is 7.29. The van der Waals surface area contributed by atoms with Gasteiger partial charge in [0.1, 0.15) is 17.5 Å². The Hall–Kier alpha value is -2.97. The monoisotopic (exact) mass is 402 g/mol. The Morgan fingerprint density at radius 3 is 2.45 bits per heavy atom. The zero-order chi connectivity index (χ0) is 20.2. The Morgan fingerprint density at radius 2 is 1.69 bits per heavy atom. The van der Waals surface area contributed by atoms with Gasteiger partial charge in [0.2, 0.25) is 5.95 Å². The first-order valence-corrected chi connectivity index (χ1v) is 9.94. The molecule has 3 heterocycles. The average Bonchev–Trinajstić information content (AvgIpc) is 2.77. The van der Waals surface area contributed by atoms with E-state index in [1.165, 1.54) is 6.42 Å². The van der Waals surface area contributed by atoms with E-state index in [1.807, 2.05) is 6.07 Å². The number of urea groups is 1. The Bertz CT molecular complexity index is 866. The summed E-state index contributed by atoms with van der Waals surface area (Å²) >= 11 is 0. The molecule has 1 aromatic heterocycles. The molecule has 7 nitrogen and oxygen atoms in total. The third-order valence-electron chi connectivity index (χ3n) is 5.33. The number of amides is 2. The van der Waals surface area contributed by atoms with Crippen molar-refractivity contribution in [2.24, 2.45) is 0 Å². The highest BCUT2D eigenvalue weighted by Gasteiger charge is 2.23. The van der Waals surface area contributed by atoms with Crippen LogP contribution in [0.4, 0.5) is 31.0 Å². The van der Waals surface area contributed by atoms with Gasteiger partial charge in [0.05, 0.1) is 5.69 Å². The van der Waals surface area contributed by atoms with Crippen LogP contribution in [-0.2, 0) is 0 Å². The fourth-order valence-electron chi connectivity index (χ4n) is 3.69. The van der Waals surface area contributed by atoms with E-state index in [2.05, 4.69) is 20.1 Å². The van der Waals surface area contributed by atoms with Gasteiger partial charge in [-0.1, -0.05) is 0 Å². The molecule has 0 spiro atoms. The summed E-state index contributed by atoms with van der Waals surface area (Å²) in [5.41, 5.74) is -0.153. The van der Waals surface area contributed by atoms with Gasteiger partial charge in [0.25, 0.3) is 0 Å². The molecule has 2 amide bonds. The van der Waals surface area contributed by atoms with E-state index < -0.39 is 17.7 Å². The number of hydrogen-bond acceptors (Lipinski definition) is 5. The molecule has 2 fully saturated rings. The number of nitrogens with one attached hydrogen (secondary N) is 1. The van der Waals surface area contributed by atoms with Gasteiger partial charge in [-0.2, -0.15) is 4.98 Å². The summed E-state index contributed by atoms with van der Waals surface area (Å²) in [6, 6.07) is 4.44. The van der Waals surface area contributed by atoms with Crippen LogP contribution >= 0.6 is 0 Å². The molecule has 1 N–H and O–H groups in total. The predicted octanol–water partition coefficient (Wildman–Crippen LogP) is 3.10. The van der Waals surface area contributed by atoms with Crippen molar-refractivity contribution in [2.45, 2.75) is 19.3 Å². The minimum absolute atomic E-state index is 0.153. The van der Waals surface area contributed by atoms with Gasteiger partial charge in [-0.15, -0.1) is 0 Å². The average molecular weight is 402 g/mol. The van der Waals surface area contributed by atoms with Crippen LogP contribution in [-0.4, -0.2) is 60.2 Å². The van der Waals surface area contributed by atoms with Crippen molar-refractivity contribution in [3.05, 3.63) is 42.1 Å². The zero-order valence-corrected chi connectivity index (χ0v) is 16.2. The number of carbonyl (C=O) groups excluding carboxylic acids is 1. The molecule has 0 atom stereocenters. The molecule has 2 aliphatic rings. The van der Waals surface area contributed by atoms with Gasteiger partial charge < -0.3 is 20.0 Å². The standard InChI is InChI=1S/C20H24F2N6O/c21-15-4-5-16(22)17(14-15)24-20(29)28-12-10-26(11-13-28)18-6-7-23-19(25-18)27-8-2-1-3-9-27/h4-7,14H,1-3,8-13H2,(H,24,29). The lowest BCUT2D eigenvalue weighted by Gasteiger charge is -2.35. The van der Waals surface area contributed by atoms with Crippen LogP contribution < -0.4 is 15.1 Å². The van der Waals surface area contributed by atoms with Crippen LogP contribution in [0.15, 0.2) is 30.5 Å². The normalized spacial score (nSPS) is 17.4. The number of halogens is 2. The second kappa shape index (κ2) is 8.59. The van der Waals surface area contributed by atoms with Crippen LogP contribution in [0.2, 0.25) is 0 Å². The highest BCUT2D eigenvalue weighted by Crippen LogP contribution is 2.21. The smallest absolute Gasteiger partial charge is 0.322 e. The molecule has 0 saturated carbocycles. The van der Waals surface area contributed by atoms with E-state index >= 15 is 0 Å². The van der Waals surface area contributed by atoms with E-state index in [9.17, 15) is 13.6 Å². The molecule has 2 aromatic rings. The molecule has 2 saturated heterocycles. The van der Waals surface area contributed by atoms with Crippen molar-refractivity contribution in [1.82, 2.24) is 14.9 Å². The summed E-state index contributed by atoms with van der Waals surface area (Å²) < 4.78 is 27.0. The molecule has 29 heavy (non-hydrogen) atoms. The Morgan fingerprint density at radius 1 is 0.931 bits per heavy atom. The van der Waals surface area contributed by atoms with Crippen molar-refractivity contribution in [3.63, 3.8) is 0 Å². The van der Waals surface area contributed by atoms with Crippen molar-refractivity contribution in [2.75, 3.05) is 54.4 Å². The van der Waals surface area contributed by atoms with Crippen molar-refractivity contribution in [1.29, 1.82) is 0 Å². The maximum Gasteiger partial charge on any atom is 0.322 e. The Labute approximate surface area is 168 Å². The minimum Gasteiger partial charge on any atom is -0.353 e. The third-order valence-corrected chi connectivity index (χ3v) is 5.33. The summed E-state index contributed by atoms with van der Waals surface area (Å²) in [7, 11) is 0. The van der Waals surface area contributed by atoms with Gasteiger partial charge >= 0.3 is 6.03 Å². The molecule has 9 heteroatoms. The molecule has 0 bridgehead atoms. The highest BCUT2D eigenvalue weighted by molar-refractivity contribution is 5.89. The number of benzene rings is 1. The number of anilines is 3. The fraction of sp³-hybridized carbons (Fsp3) is 0.450. The number of hydrogen-bond donors (Lipinski definition) is 1. The lowest BCUT2D eigenvalue weighted by Crippen LogP contribution is -2.50. The van der Waals surface area contributed by atoms with E-state index in [4.69, 9.17) is 4.98 Å². The maximum atomic E-state index is 13.7. The van der Waals surface area contributed by atoms with Crippen LogP contribution in [0, 0.1) is 11.6 Å². The van der Waals surface area contributed by atoms with E-state index in [1.54, 1.807) is 11.1 Å². The topological polar surface area (TPSA) is 64.6 Å². The number of piperidine rings is 1. The van der Waals surface area contributed by atoms with Gasteiger partial charge in [-0.3, -0.25) is 0 Å². The van der Waals surface area contributed by atoms with E-state index in [-0.39, 0.29) is 5.69 Å². The Kier molecular flexibility index (Phi) is 5.73. The highest BCUT2D eigenvalue weighted by atomic mass is 19.1. The van der Waals surface area contributed by atoms with Gasteiger partial charge in [0.15, 0.2) is 0 Å². The largest absolute Gasteiger partial charge is 0.353 e. The van der Waals surface area contributed by atoms with Crippen LogP contribution in [0.25, 0.3) is 0 Å². The van der Waals surface area contributed by atoms with Crippen molar-refractivity contribution in [3.8, 4) is 0 Å². The summed E-state index contributed by atoms with van der Waals surface area (Å²) in [5, 5.41) is 2.45. The number of rotatable bonds is 3. The lowest BCUT2D eigenvalue weighted by molar-refractivity contribution is 0.208. The molecule has 0 unspecified atom stereocenters. The molecular weight excluding hydrogens is 378 g/mol. The predicted molar refractivity (Wildman–Crippen MR) is 107 cm³/mol. The van der Waals surface area contributed by atoms with Gasteiger partial charge in [-0.05, 0) is 37.5 Å². The SMILES string of the molecule is O=C(Nc1cc(F)ccc1F)N1CCN(c2ccnc(N3CCCCC3)n2)CC1. The number of piperazine rings is 1. The van der Waals surface area contributed by atoms with E-state index in [0.29, 0.717) is 26.2 Å². The summed E-state index contributed by atoms with van der Waals surface area (Å²) in [6.07, 6.45) is 5.35. The molecule has 1 aromatic carbocycles. The molecule has 4 rings (SSSR count). The minimum atomic E-state index is -0.662.